The number of hydrogen-bond acceptors (Lipinski definition) is 9. The van der Waals surface area contributed by atoms with Gasteiger partial charge in [0.25, 0.3) is 0 Å². The van der Waals surface area contributed by atoms with Crippen LogP contribution in [-0.2, 0) is 16.8 Å². The molecule has 0 spiro atoms. The van der Waals surface area contributed by atoms with E-state index in [1.54, 1.807) is 18.5 Å². The van der Waals surface area contributed by atoms with E-state index in [0.29, 0.717) is 22.8 Å². The first kappa shape index (κ1) is 31.9. The Morgan fingerprint density at radius 3 is 1.07 bits per heavy atom. The van der Waals surface area contributed by atoms with Gasteiger partial charge in [0.2, 0.25) is 0 Å². The van der Waals surface area contributed by atoms with Gasteiger partial charge in [0, 0.05) is 29.2 Å². The smallest absolute Gasteiger partial charge is 0.101 e. The second-order valence-corrected chi connectivity index (χ2v) is 4.34. The summed E-state index contributed by atoms with van der Waals surface area (Å²) in [7, 11) is 0. The summed E-state index contributed by atoms with van der Waals surface area (Å²) in [4.78, 5) is 3.78. The molecule has 155 valence electrons. The summed E-state index contributed by atoms with van der Waals surface area (Å²) in [5, 5.41) is 43.3. The van der Waals surface area contributed by atoms with Crippen molar-refractivity contribution < 1.29 is 37.6 Å². The fourth-order valence-corrected chi connectivity index (χ4v) is 0.602. The van der Waals surface area contributed by atoms with Gasteiger partial charge in [-0.2, -0.15) is 0 Å². The normalized spacial score (nSPS) is 11.6. The maximum Gasteiger partial charge on any atom is 0.101 e. The minimum Gasteiger partial charge on any atom is -0.411 e. The Balaban J connectivity index is -0.000000133. The summed E-state index contributed by atoms with van der Waals surface area (Å²) in [6.07, 6.45) is 7.14. The van der Waals surface area contributed by atoms with E-state index in [1.165, 1.54) is 27.7 Å². The van der Waals surface area contributed by atoms with E-state index in [1.807, 2.05) is 31.2 Å². The number of aromatic nitrogens is 1. The van der Waals surface area contributed by atoms with Crippen molar-refractivity contribution in [2.45, 2.75) is 34.6 Å². The molecule has 1 rings (SSSR count). The van der Waals surface area contributed by atoms with Crippen LogP contribution in [0, 0.1) is 6.92 Å². The molecule has 1 aromatic heterocycles. The zero-order valence-electron chi connectivity index (χ0n) is 16.1. The standard InChI is InChI=1S/C5H5N.2C4H8N2O2.C4H7.Co/c1-2-4-6-5-3-1;2*1-3(5-7)4(2)6-8;1-3-4-2;/h1-5H;2*7-8H,1-2H3;3-4H,1H2,2H3;/q;;;-1;/b;2*5-3-,6-4+;4-3+;. The van der Waals surface area contributed by atoms with Crippen molar-refractivity contribution in [3.63, 3.8) is 0 Å². The van der Waals surface area contributed by atoms with Crippen molar-refractivity contribution in [1.29, 1.82) is 0 Å². The zero-order valence-corrected chi connectivity index (χ0v) is 17.1. The number of pyridine rings is 1. The molecular formula is C17H28CoN5O4-. The molecule has 27 heavy (non-hydrogen) atoms. The third-order valence-corrected chi connectivity index (χ3v) is 2.45. The third kappa shape index (κ3) is 25.5. The van der Waals surface area contributed by atoms with E-state index < -0.39 is 0 Å². The van der Waals surface area contributed by atoms with Crippen LogP contribution in [0.15, 0.2) is 63.4 Å². The summed E-state index contributed by atoms with van der Waals surface area (Å²) in [5.74, 6) is 0. The number of hydrogen-bond donors (Lipinski definition) is 4. The van der Waals surface area contributed by atoms with Crippen molar-refractivity contribution in [1.82, 2.24) is 4.98 Å². The number of rotatable bonds is 2. The molecule has 0 aliphatic carbocycles. The van der Waals surface area contributed by atoms with Gasteiger partial charge in [0.15, 0.2) is 0 Å². The molecule has 10 heteroatoms. The van der Waals surface area contributed by atoms with Crippen LogP contribution in [-0.4, -0.2) is 48.7 Å². The maximum absolute atomic E-state index is 8.03. The Hall–Kier alpha value is -2.85. The second kappa shape index (κ2) is 25.4. The van der Waals surface area contributed by atoms with E-state index in [4.69, 9.17) is 20.8 Å². The average molecular weight is 425 g/mol. The van der Waals surface area contributed by atoms with Crippen LogP contribution in [0.2, 0.25) is 0 Å². The molecule has 1 aromatic rings. The Bertz CT molecular complexity index is 494. The van der Waals surface area contributed by atoms with E-state index in [2.05, 4.69) is 32.5 Å². The van der Waals surface area contributed by atoms with E-state index in [0.717, 1.165) is 0 Å². The third-order valence-electron chi connectivity index (χ3n) is 2.45. The van der Waals surface area contributed by atoms with Gasteiger partial charge >= 0.3 is 0 Å². The summed E-state index contributed by atoms with van der Waals surface area (Å²) in [6.45, 7) is 11.5. The van der Waals surface area contributed by atoms with Crippen LogP contribution < -0.4 is 0 Å². The van der Waals surface area contributed by atoms with Crippen LogP contribution >= 0.6 is 0 Å². The van der Waals surface area contributed by atoms with Gasteiger partial charge in [-0.1, -0.05) is 26.7 Å². The topological polar surface area (TPSA) is 143 Å². The maximum atomic E-state index is 8.03. The van der Waals surface area contributed by atoms with Gasteiger partial charge in [-0.25, -0.2) is 19.1 Å². The van der Waals surface area contributed by atoms with E-state index >= 15 is 0 Å². The monoisotopic (exact) mass is 425 g/mol. The van der Waals surface area contributed by atoms with Crippen molar-refractivity contribution >= 4 is 22.8 Å². The fraction of sp³-hybridized carbons (Fsp3) is 0.294. The number of allylic oxidation sites excluding steroid dienone is 2. The summed E-state index contributed by atoms with van der Waals surface area (Å²) >= 11 is 0. The Morgan fingerprint density at radius 1 is 0.741 bits per heavy atom. The van der Waals surface area contributed by atoms with Crippen LogP contribution in [0.1, 0.15) is 34.6 Å². The summed E-state index contributed by atoms with van der Waals surface area (Å²) in [5.41, 5.74) is 1.25. The van der Waals surface area contributed by atoms with Gasteiger partial charge < -0.3 is 20.8 Å². The predicted molar refractivity (Wildman–Crippen MR) is 104 cm³/mol. The van der Waals surface area contributed by atoms with Crippen molar-refractivity contribution in [2.75, 3.05) is 0 Å². The molecule has 0 saturated heterocycles. The molecule has 0 aliphatic heterocycles. The Labute approximate surface area is 170 Å². The van der Waals surface area contributed by atoms with E-state index in [-0.39, 0.29) is 16.8 Å². The molecule has 4 N–H and O–H groups in total. The molecule has 0 unspecified atom stereocenters. The molecule has 0 saturated carbocycles. The van der Waals surface area contributed by atoms with Crippen LogP contribution in [0.3, 0.4) is 0 Å². The first-order chi connectivity index (χ1) is 12.4. The molecule has 1 heterocycles. The van der Waals surface area contributed by atoms with Gasteiger partial charge in [0.05, 0.1) is 0 Å². The molecule has 9 nitrogen and oxygen atoms in total. The first-order valence-corrected chi connectivity index (χ1v) is 7.36. The van der Waals surface area contributed by atoms with Gasteiger partial charge in [-0.15, -0.1) is 6.92 Å². The average Bonchev–Trinajstić information content (AvgIpc) is 2.73. The largest absolute Gasteiger partial charge is 0.411 e. The van der Waals surface area contributed by atoms with Crippen LogP contribution in [0.4, 0.5) is 0 Å². The molecule has 0 fully saturated rings. The second-order valence-electron chi connectivity index (χ2n) is 4.34. The van der Waals surface area contributed by atoms with Gasteiger partial charge in [0.1, 0.15) is 22.8 Å². The molecule has 0 aromatic carbocycles. The predicted octanol–water partition coefficient (Wildman–Crippen LogP) is 3.85. The fourth-order valence-electron chi connectivity index (χ4n) is 0.602. The Kier molecular flexibility index (Phi) is 30.0. The van der Waals surface area contributed by atoms with E-state index in [9.17, 15) is 0 Å². The molecule has 0 aliphatic rings. The summed E-state index contributed by atoms with van der Waals surface area (Å²) in [6, 6.07) is 5.72. The number of oxime groups is 4. The number of nitrogens with zero attached hydrogens (tertiary/aromatic N) is 5. The SMILES string of the molecule is CC(=N/O)/C(C)=N/O.CC(=N/O)/C(C)=N/O.[CH2-]/C=C/C.[Co].c1ccncc1. The zero-order chi connectivity index (χ0) is 20.8. The van der Waals surface area contributed by atoms with Crippen LogP contribution in [0.25, 0.3) is 0 Å². The molecular weight excluding hydrogens is 397 g/mol. The van der Waals surface area contributed by atoms with Gasteiger partial charge in [-0.05, 0) is 39.8 Å². The van der Waals surface area contributed by atoms with Crippen molar-refractivity contribution in [3.8, 4) is 0 Å². The minimum absolute atomic E-state index is 0. The quantitative estimate of drug-likeness (QED) is 0.246. The first-order valence-electron chi connectivity index (χ1n) is 7.36. The molecule has 0 atom stereocenters. The molecule has 0 bridgehead atoms. The van der Waals surface area contributed by atoms with Crippen molar-refractivity contribution in [3.05, 3.63) is 49.7 Å². The van der Waals surface area contributed by atoms with Gasteiger partial charge in [-0.3, -0.25) is 4.98 Å². The molecule has 0 amide bonds. The van der Waals surface area contributed by atoms with Crippen LogP contribution in [0.5, 0.6) is 0 Å². The molecule has 1 radical (unpaired) electrons. The minimum atomic E-state index is 0. The van der Waals surface area contributed by atoms with Crippen molar-refractivity contribution in [2.24, 2.45) is 20.6 Å². The Morgan fingerprint density at radius 2 is 1.00 bits per heavy atom. The summed E-state index contributed by atoms with van der Waals surface area (Å²) < 4.78 is 0.